The van der Waals surface area contributed by atoms with E-state index in [0.717, 1.165) is 29.8 Å². The van der Waals surface area contributed by atoms with Gasteiger partial charge in [0.15, 0.2) is 0 Å². The second-order valence-corrected chi connectivity index (χ2v) is 8.19. The van der Waals surface area contributed by atoms with Gasteiger partial charge in [0.1, 0.15) is 22.9 Å². The fraction of sp³-hybridized carbons (Fsp3) is 0.261. The Morgan fingerprint density at radius 3 is 2.66 bits per heavy atom. The molecule has 8 nitrogen and oxygen atoms in total. The molecule has 4 aromatic rings. The lowest BCUT2D eigenvalue weighted by atomic mass is 9.82. The summed E-state index contributed by atoms with van der Waals surface area (Å²) in [7, 11) is 0. The number of anilines is 1. The summed E-state index contributed by atoms with van der Waals surface area (Å²) in [6.07, 6.45) is 5.67. The number of likely N-dealkylation sites (tertiary alicyclic amines) is 1. The maximum Gasteiger partial charge on any atom is 0.259 e. The molecule has 2 aliphatic heterocycles. The first kappa shape index (κ1) is 18.9. The van der Waals surface area contributed by atoms with Crippen molar-refractivity contribution in [1.29, 1.82) is 0 Å². The van der Waals surface area contributed by atoms with Gasteiger partial charge < -0.3 is 9.80 Å². The van der Waals surface area contributed by atoms with E-state index in [1.165, 1.54) is 23.3 Å². The van der Waals surface area contributed by atoms with Gasteiger partial charge in [0, 0.05) is 25.6 Å². The molecule has 2 saturated heterocycles. The normalized spacial score (nSPS) is 20.2. The quantitative estimate of drug-likeness (QED) is 0.498. The molecule has 6 rings (SSSR count). The van der Waals surface area contributed by atoms with E-state index in [4.69, 9.17) is 4.98 Å². The fourth-order valence-electron chi connectivity index (χ4n) is 4.72. The monoisotopic (exact) mass is 429 g/mol. The van der Waals surface area contributed by atoms with E-state index >= 15 is 0 Å². The molecule has 0 spiro atoms. The van der Waals surface area contributed by atoms with Crippen LogP contribution in [0.5, 0.6) is 0 Å². The van der Waals surface area contributed by atoms with Crippen LogP contribution in [0.1, 0.15) is 16.8 Å². The number of halogens is 1. The largest absolute Gasteiger partial charge is 0.350 e. The second-order valence-electron chi connectivity index (χ2n) is 8.19. The van der Waals surface area contributed by atoms with E-state index in [2.05, 4.69) is 20.1 Å². The number of nitrogens with zero attached hydrogens (tertiary/aromatic N) is 7. The van der Waals surface area contributed by atoms with Crippen molar-refractivity contribution in [3.05, 3.63) is 72.4 Å². The first-order valence-electron chi connectivity index (χ1n) is 10.6. The number of para-hydroxylation sites is 2. The standard InChI is InChI=1S/C23H20FN7O/c24-16-4-3-7-19(31-26-9-10-27-31)22(16)23(32)29-11-8-15-13-30(20(15)14-29)21-12-25-17-5-1-2-6-18(17)28-21/h1-7,9-10,12,15,20H,8,11,13-14H2. The summed E-state index contributed by atoms with van der Waals surface area (Å²) in [6.45, 7) is 2.00. The third-order valence-corrected chi connectivity index (χ3v) is 6.41. The predicted molar refractivity (Wildman–Crippen MR) is 116 cm³/mol. The van der Waals surface area contributed by atoms with Crippen molar-refractivity contribution < 1.29 is 9.18 Å². The average molecular weight is 429 g/mol. The molecule has 2 aromatic heterocycles. The molecule has 160 valence electrons. The Morgan fingerprint density at radius 1 is 1.00 bits per heavy atom. The second kappa shape index (κ2) is 7.37. The number of piperidine rings is 1. The molecule has 0 aliphatic carbocycles. The highest BCUT2D eigenvalue weighted by Crippen LogP contribution is 2.36. The number of carbonyl (C=O) groups excluding carboxylic acids is 1. The maximum atomic E-state index is 14.8. The first-order chi connectivity index (χ1) is 15.7. The van der Waals surface area contributed by atoms with Crippen LogP contribution in [0.25, 0.3) is 16.7 Å². The summed E-state index contributed by atoms with van der Waals surface area (Å²) in [4.78, 5) is 27.9. The number of rotatable bonds is 3. The minimum Gasteiger partial charge on any atom is -0.350 e. The highest BCUT2D eigenvalue weighted by molar-refractivity contribution is 5.98. The van der Waals surface area contributed by atoms with Gasteiger partial charge in [-0.25, -0.2) is 9.37 Å². The third kappa shape index (κ3) is 3.00. The number of hydrogen-bond donors (Lipinski definition) is 0. The lowest BCUT2D eigenvalue weighted by Crippen LogP contribution is -2.65. The molecule has 1 amide bonds. The number of aromatic nitrogens is 5. The topological polar surface area (TPSA) is 80.0 Å². The van der Waals surface area contributed by atoms with E-state index in [9.17, 15) is 9.18 Å². The van der Waals surface area contributed by atoms with Gasteiger partial charge in [0.05, 0.1) is 35.7 Å². The molecule has 0 bridgehead atoms. The van der Waals surface area contributed by atoms with Crippen LogP contribution in [0.3, 0.4) is 0 Å². The molecule has 32 heavy (non-hydrogen) atoms. The molecule has 4 heterocycles. The molecular weight excluding hydrogens is 409 g/mol. The van der Waals surface area contributed by atoms with Gasteiger partial charge in [-0.15, -0.1) is 0 Å². The van der Waals surface area contributed by atoms with E-state index in [1.54, 1.807) is 23.2 Å². The van der Waals surface area contributed by atoms with Crippen molar-refractivity contribution in [2.24, 2.45) is 5.92 Å². The SMILES string of the molecule is O=C(c1c(F)cccc1-n1nccn1)N1CCC2CN(c3cnc4ccccc4n3)C2C1. The van der Waals surface area contributed by atoms with Crippen LogP contribution in [0.15, 0.2) is 61.1 Å². The van der Waals surface area contributed by atoms with E-state index in [0.29, 0.717) is 24.7 Å². The molecule has 2 aliphatic rings. The Morgan fingerprint density at radius 2 is 1.81 bits per heavy atom. The van der Waals surface area contributed by atoms with E-state index in [1.807, 2.05) is 24.3 Å². The van der Waals surface area contributed by atoms with Gasteiger partial charge in [0.2, 0.25) is 0 Å². The molecule has 2 unspecified atom stereocenters. The van der Waals surface area contributed by atoms with Gasteiger partial charge >= 0.3 is 0 Å². The predicted octanol–water partition coefficient (Wildman–Crippen LogP) is 2.70. The van der Waals surface area contributed by atoms with Crippen molar-refractivity contribution in [2.45, 2.75) is 12.5 Å². The van der Waals surface area contributed by atoms with Crippen LogP contribution >= 0.6 is 0 Å². The summed E-state index contributed by atoms with van der Waals surface area (Å²) in [6, 6.07) is 12.4. The zero-order chi connectivity index (χ0) is 21.7. The number of amides is 1. The van der Waals surface area contributed by atoms with Crippen LogP contribution in [-0.4, -0.2) is 61.4 Å². The van der Waals surface area contributed by atoms with Gasteiger partial charge in [0.25, 0.3) is 5.91 Å². The molecule has 9 heteroatoms. The summed E-state index contributed by atoms with van der Waals surface area (Å²) in [5, 5.41) is 8.15. The van der Waals surface area contributed by atoms with E-state index < -0.39 is 5.82 Å². The van der Waals surface area contributed by atoms with Crippen LogP contribution in [0, 0.1) is 11.7 Å². The van der Waals surface area contributed by atoms with Crippen molar-refractivity contribution in [3.63, 3.8) is 0 Å². The van der Waals surface area contributed by atoms with Crippen molar-refractivity contribution >= 4 is 22.8 Å². The van der Waals surface area contributed by atoms with Crippen molar-refractivity contribution in [3.8, 4) is 5.69 Å². The maximum absolute atomic E-state index is 14.8. The van der Waals surface area contributed by atoms with Crippen LogP contribution in [0.2, 0.25) is 0 Å². The Kier molecular flexibility index (Phi) is 4.34. The fourth-order valence-corrected chi connectivity index (χ4v) is 4.72. The lowest BCUT2D eigenvalue weighted by Gasteiger charge is -2.53. The van der Waals surface area contributed by atoms with Crippen molar-refractivity contribution in [2.75, 3.05) is 24.5 Å². The summed E-state index contributed by atoms with van der Waals surface area (Å²) < 4.78 is 14.8. The lowest BCUT2D eigenvalue weighted by molar-refractivity contribution is 0.0586. The zero-order valence-corrected chi connectivity index (χ0v) is 17.2. The first-order valence-corrected chi connectivity index (χ1v) is 10.6. The number of benzene rings is 2. The van der Waals surface area contributed by atoms with Crippen LogP contribution < -0.4 is 4.90 Å². The summed E-state index contributed by atoms with van der Waals surface area (Å²) in [5.74, 6) is 0.384. The van der Waals surface area contributed by atoms with Crippen LogP contribution in [-0.2, 0) is 0 Å². The molecule has 0 radical (unpaired) electrons. The Balaban J connectivity index is 1.27. The Labute approximate surface area is 183 Å². The van der Waals surface area contributed by atoms with Crippen LogP contribution in [0.4, 0.5) is 10.2 Å². The zero-order valence-electron chi connectivity index (χ0n) is 17.2. The molecular formula is C23H20FN7O. The molecule has 0 N–H and O–H groups in total. The Hall–Kier alpha value is -3.88. The third-order valence-electron chi connectivity index (χ3n) is 6.41. The van der Waals surface area contributed by atoms with Gasteiger partial charge in [-0.1, -0.05) is 18.2 Å². The number of fused-ring (bicyclic) bond motifs is 2. The van der Waals surface area contributed by atoms with Crippen molar-refractivity contribution in [1.82, 2.24) is 29.9 Å². The smallest absolute Gasteiger partial charge is 0.259 e. The number of carbonyl (C=O) groups is 1. The molecule has 2 atom stereocenters. The Bertz CT molecular complexity index is 1310. The molecule has 2 fully saturated rings. The summed E-state index contributed by atoms with van der Waals surface area (Å²) in [5.41, 5.74) is 2.04. The number of hydrogen-bond acceptors (Lipinski definition) is 6. The molecule has 2 aromatic carbocycles. The average Bonchev–Trinajstić information content (AvgIpc) is 3.34. The minimum absolute atomic E-state index is 0.00137. The van der Waals surface area contributed by atoms with Gasteiger partial charge in [-0.3, -0.25) is 9.78 Å². The minimum atomic E-state index is -0.571. The molecule has 0 saturated carbocycles. The van der Waals surface area contributed by atoms with E-state index in [-0.39, 0.29) is 17.5 Å². The highest BCUT2D eigenvalue weighted by atomic mass is 19.1. The summed E-state index contributed by atoms with van der Waals surface area (Å²) >= 11 is 0. The van der Waals surface area contributed by atoms with Gasteiger partial charge in [-0.2, -0.15) is 15.0 Å². The van der Waals surface area contributed by atoms with Gasteiger partial charge in [-0.05, 0) is 30.7 Å². The highest BCUT2D eigenvalue weighted by Gasteiger charge is 2.45.